The maximum absolute atomic E-state index is 5.78. The standard InChI is InChI=1S/C7H9IN4/c1-12-2-4(8)5-6(9)10-3-11-7(5)12/h2-3,7H,9H2,1H3,(H,10,11)/t7-/m0/s1. The van der Waals surface area contributed by atoms with Crippen LogP contribution in [-0.4, -0.2) is 24.5 Å². The highest BCUT2D eigenvalue weighted by atomic mass is 127. The molecule has 0 aromatic rings. The fourth-order valence-corrected chi connectivity index (χ4v) is 2.36. The summed E-state index contributed by atoms with van der Waals surface area (Å²) in [6.45, 7) is 0. The topological polar surface area (TPSA) is 53.6 Å². The Kier molecular flexibility index (Phi) is 1.75. The van der Waals surface area contributed by atoms with Crippen LogP contribution in [0.25, 0.3) is 0 Å². The fourth-order valence-electron chi connectivity index (χ4n) is 1.35. The van der Waals surface area contributed by atoms with Crippen molar-refractivity contribution in [1.29, 1.82) is 0 Å². The van der Waals surface area contributed by atoms with Crippen LogP contribution in [0.1, 0.15) is 0 Å². The SMILES string of the molecule is CN1C=C(I)C2=C(N)NC=N[C@H]21. The third-order valence-electron chi connectivity index (χ3n) is 1.94. The Hall–Kier alpha value is -0.720. The highest BCUT2D eigenvalue weighted by Crippen LogP contribution is 2.33. The van der Waals surface area contributed by atoms with Crippen LogP contribution in [0.5, 0.6) is 0 Å². The lowest BCUT2D eigenvalue weighted by Crippen LogP contribution is -2.33. The van der Waals surface area contributed by atoms with Crippen LogP contribution in [-0.2, 0) is 0 Å². The van der Waals surface area contributed by atoms with Crippen molar-refractivity contribution in [2.75, 3.05) is 7.05 Å². The monoisotopic (exact) mass is 276 g/mol. The normalized spacial score (nSPS) is 27.0. The van der Waals surface area contributed by atoms with Crippen molar-refractivity contribution in [3.63, 3.8) is 0 Å². The van der Waals surface area contributed by atoms with Crippen molar-refractivity contribution in [3.05, 3.63) is 21.2 Å². The van der Waals surface area contributed by atoms with Crippen molar-refractivity contribution in [3.8, 4) is 0 Å². The first-order chi connectivity index (χ1) is 5.70. The van der Waals surface area contributed by atoms with Gasteiger partial charge in [-0.25, -0.2) is 4.99 Å². The minimum Gasteiger partial charge on any atom is -0.385 e. The van der Waals surface area contributed by atoms with E-state index < -0.39 is 0 Å². The molecule has 0 amide bonds. The maximum Gasteiger partial charge on any atom is 0.152 e. The lowest BCUT2D eigenvalue weighted by molar-refractivity contribution is 0.400. The van der Waals surface area contributed by atoms with Gasteiger partial charge in [0.15, 0.2) is 6.17 Å². The first kappa shape index (κ1) is 7.90. The van der Waals surface area contributed by atoms with Gasteiger partial charge in [0, 0.05) is 16.8 Å². The van der Waals surface area contributed by atoms with Crippen LogP contribution < -0.4 is 11.1 Å². The number of aliphatic imine (C=N–C) groups is 1. The number of nitrogens with two attached hydrogens (primary N) is 1. The zero-order valence-electron chi connectivity index (χ0n) is 6.58. The molecule has 12 heavy (non-hydrogen) atoms. The molecule has 2 rings (SSSR count). The summed E-state index contributed by atoms with van der Waals surface area (Å²) in [6, 6.07) is 0. The predicted molar refractivity (Wildman–Crippen MR) is 56.5 cm³/mol. The summed E-state index contributed by atoms with van der Waals surface area (Å²) in [5.74, 6) is 0.708. The molecule has 0 aromatic carbocycles. The number of nitrogens with zero attached hydrogens (tertiary/aromatic N) is 2. The van der Waals surface area contributed by atoms with Crippen LogP contribution >= 0.6 is 22.6 Å². The van der Waals surface area contributed by atoms with Crippen molar-refractivity contribution >= 4 is 28.9 Å². The van der Waals surface area contributed by atoms with Gasteiger partial charge in [0.05, 0.1) is 11.9 Å². The summed E-state index contributed by atoms with van der Waals surface area (Å²) >= 11 is 2.26. The second-order valence-electron chi connectivity index (χ2n) is 2.77. The number of rotatable bonds is 0. The summed E-state index contributed by atoms with van der Waals surface area (Å²) in [7, 11) is 1.99. The van der Waals surface area contributed by atoms with Crippen LogP contribution in [0, 0.1) is 0 Å². The molecule has 2 aliphatic rings. The lowest BCUT2D eigenvalue weighted by Gasteiger charge is -2.22. The molecule has 0 fully saturated rings. The third-order valence-corrected chi connectivity index (χ3v) is 2.80. The van der Waals surface area contributed by atoms with Crippen LogP contribution in [0.2, 0.25) is 0 Å². The third kappa shape index (κ3) is 0.996. The Balaban J connectivity index is 2.44. The van der Waals surface area contributed by atoms with E-state index in [0.29, 0.717) is 5.82 Å². The molecule has 3 N–H and O–H groups in total. The molecule has 0 saturated heterocycles. The van der Waals surface area contributed by atoms with Gasteiger partial charge in [-0.05, 0) is 22.6 Å². The van der Waals surface area contributed by atoms with Gasteiger partial charge in [0.1, 0.15) is 5.82 Å². The first-order valence-corrected chi connectivity index (χ1v) is 4.65. The lowest BCUT2D eigenvalue weighted by atomic mass is 10.2. The minimum absolute atomic E-state index is 0.0816. The second-order valence-corrected chi connectivity index (χ2v) is 3.93. The quantitative estimate of drug-likeness (QED) is 0.627. The average Bonchev–Trinajstić information content (AvgIpc) is 2.29. The molecule has 4 nitrogen and oxygen atoms in total. The highest BCUT2D eigenvalue weighted by Gasteiger charge is 2.29. The molecule has 2 heterocycles. The first-order valence-electron chi connectivity index (χ1n) is 3.57. The fraction of sp³-hybridized carbons (Fsp3) is 0.286. The van der Waals surface area contributed by atoms with Gasteiger partial charge in [-0.1, -0.05) is 0 Å². The molecule has 0 saturated carbocycles. The van der Waals surface area contributed by atoms with Gasteiger partial charge < -0.3 is 16.0 Å². The molecule has 0 bridgehead atoms. The molecule has 0 radical (unpaired) electrons. The van der Waals surface area contributed by atoms with E-state index >= 15 is 0 Å². The van der Waals surface area contributed by atoms with E-state index in [0.717, 1.165) is 9.15 Å². The number of nitrogens with one attached hydrogen (secondary N) is 1. The summed E-state index contributed by atoms with van der Waals surface area (Å²) < 4.78 is 1.15. The molecule has 64 valence electrons. The van der Waals surface area contributed by atoms with Gasteiger partial charge in [-0.15, -0.1) is 0 Å². The van der Waals surface area contributed by atoms with Crippen LogP contribution in [0.4, 0.5) is 0 Å². The van der Waals surface area contributed by atoms with Gasteiger partial charge in [-0.2, -0.15) is 0 Å². The molecular formula is C7H9IN4. The van der Waals surface area contributed by atoms with E-state index in [1.54, 1.807) is 6.34 Å². The molecule has 1 atom stereocenters. The van der Waals surface area contributed by atoms with Gasteiger partial charge in [0.25, 0.3) is 0 Å². The zero-order chi connectivity index (χ0) is 8.72. The number of likely N-dealkylation sites (N-methyl/N-ethyl adjacent to an activating group) is 1. The average molecular weight is 276 g/mol. The van der Waals surface area contributed by atoms with Crippen LogP contribution in [0.15, 0.2) is 26.2 Å². The maximum atomic E-state index is 5.78. The van der Waals surface area contributed by atoms with E-state index in [2.05, 4.69) is 32.9 Å². The largest absolute Gasteiger partial charge is 0.385 e. The Labute approximate surface area is 84.3 Å². The van der Waals surface area contributed by atoms with Crippen LogP contribution in [0.3, 0.4) is 0 Å². The number of halogens is 1. The number of fused-ring (bicyclic) bond motifs is 1. The second kappa shape index (κ2) is 2.65. The smallest absolute Gasteiger partial charge is 0.152 e. The van der Waals surface area contributed by atoms with Crippen molar-refractivity contribution in [2.24, 2.45) is 10.7 Å². The van der Waals surface area contributed by atoms with Crippen molar-refractivity contribution in [2.45, 2.75) is 6.17 Å². The zero-order valence-corrected chi connectivity index (χ0v) is 8.74. The predicted octanol–water partition coefficient (Wildman–Crippen LogP) is 0.336. The molecule has 0 spiro atoms. The molecule has 2 aliphatic heterocycles. The van der Waals surface area contributed by atoms with Gasteiger partial charge in [-0.3, -0.25) is 0 Å². The van der Waals surface area contributed by atoms with E-state index in [1.165, 1.54) is 0 Å². The van der Waals surface area contributed by atoms with E-state index in [-0.39, 0.29) is 6.17 Å². The summed E-state index contributed by atoms with van der Waals surface area (Å²) in [4.78, 5) is 6.31. The minimum atomic E-state index is 0.0816. The van der Waals surface area contributed by atoms with E-state index in [4.69, 9.17) is 5.73 Å². The Morgan fingerprint density at radius 1 is 1.75 bits per heavy atom. The van der Waals surface area contributed by atoms with Gasteiger partial charge in [0.2, 0.25) is 0 Å². The number of hydrogen-bond donors (Lipinski definition) is 2. The highest BCUT2D eigenvalue weighted by molar-refractivity contribution is 14.1. The van der Waals surface area contributed by atoms with Gasteiger partial charge >= 0.3 is 0 Å². The molecule has 0 aliphatic carbocycles. The summed E-state index contributed by atoms with van der Waals surface area (Å²) in [5, 5.41) is 2.90. The number of hydrogen-bond acceptors (Lipinski definition) is 4. The Morgan fingerprint density at radius 2 is 2.50 bits per heavy atom. The van der Waals surface area contributed by atoms with E-state index in [1.807, 2.05) is 18.1 Å². The summed E-state index contributed by atoms with van der Waals surface area (Å²) in [5.41, 5.74) is 6.86. The van der Waals surface area contributed by atoms with Crippen molar-refractivity contribution in [1.82, 2.24) is 10.2 Å². The van der Waals surface area contributed by atoms with E-state index in [9.17, 15) is 0 Å². The Morgan fingerprint density at radius 3 is 3.17 bits per heavy atom. The van der Waals surface area contributed by atoms with Crippen molar-refractivity contribution < 1.29 is 0 Å². The summed E-state index contributed by atoms with van der Waals surface area (Å²) in [6.07, 6.45) is 3.76. The molecule has 5 heteroatoms. The molecule has 0 unspecified atom stereocenters. The Bertz CT molecular complexity index is 305. The molecule has 0 aromatic heterocycles. The molecular weight excluding hydrogens is 267 g/mol.